The van der Waals surface area contributed by atoms with E-state index in [9.17, 15) is 19.7 Å². The minimum absolute atomic E-state index is 0.0670. The highest BCUT2D eigenvalue weighted by molar-refractivity contribution is 6.00. The second kappa shape index (κ2) is 5.88. The molecule has 0 unspecified atom stereocenters. The lowest BCUT2D eigenvalue weighted by Crippen LogP contribution is -2.38. The smallest absolute Gasteiger partial charge is 0.339 e. The third-order valence-electron chi connectivity index (χ3n) is 3.54. The van der Waals surface area contributed by atoms with Gasteiger partial charge in [-0.25, -0.2) is 4.79 Å². The van der Waals surface area contributed by atoms with Gasteiger partial charge < -0.3 is 10.1 Å². The highest BCUT2D eigenvalue weighted by Gasteiger charge is 2.31. The van der Waals surface area contributed by atoms with Crippen LogP contribution in [0.4, 0.5) is 11.4 Å². The van der Waals surface area contributed by atoms with Gasteiger partial charge in [0.15, 0.2) is 6.10 Å². The van der Waals surface area contributed by atoms with Gasteiger partial charge in [-0.1, -0.05) is 30.3 Å². The van der Waals surface area contributed by atoms with Gasteiger partial charge in [-0.15, -0.1) is 0 Å². The molecule has 23 heavy (non-hydrogen) atoms. The first-order valence-electron chi connectivity index (χ1n) is 6.89. The first kappa shape index (κ1) is 14.7. The molecule has 0 radical (unpaired) electrons. The van der Waals surface area contributed by atoms with Gasteiger partial charge >= 0.3 is 5.97 Å². The molecule has 0 aliphatic carbocycles. The third-order valence-corrected chi connectivity index (χ3v) is 3.54. The van der Waals surface area contributed by atoms with Crippen LogP contribution in [0.5, 0.6) is 0 Å². The first-order valence-corrected chi connectivity index (χ1v) is 6.89. The molecule has 0 saturated heterocycles. The van der Waals surface area contributed by atoms with E-state index in [4.69, 9.17) is 4.74 Å². The highest BCUT2D eigenvalue weighted by Crippen LogP contribution is 2.25. The fourth-order valence-corrected chi connectivity index (χ4v) is 2.43. The molecule has 0 saturated carbocycles. The van der Waals surface area contributed by atoms with E-state index >= 15 is 0 Å². The maximum atomic E-state index is 12.3. The average Bonchev–Trinajstić information content (AvgIpc) is 2.55. The number of cyclic esters (lactones) is 1. The summed E-state index contributed by atoms with van der Waals surface area (Å²) in [5.74, 6) is -1.17. The number of nitro groups is 1. The number of hydrogen-bond acceptors (Lipinski definition) is 5. The van der Waals surface area contributed by atoms with Gasteiger partial charge in [0.25, 0.3) is 11.6 Å². The third kappa shape index (κ3) is 2.89. The summed E-state index contributed by atoms with van der Waals surface area (Å²) >= 11 is 0. The van der Waals surface area contributed by atoms with Gasteiger partial charge in [0.2, 0.25) is 0 Å². The first-order chi connectivity index (χ1) is 11.1. The number of hydrogen-bond donors (Lipinski definition) is 1. The van der Waals surface area contributed by atoms with Crippen molar-refractivity contribution in [1.82, 2.24) is 0 Å². The fourth-order valence-electron chi connectivity index (χ4n) is 2.43. The zero-order valence-electron chi connectivity index (χ0n) is 11.9. The molecule has 1 atom stereocenters. The van der Waals surface area contributed by atoms with Crippen LogP contribution in [0.25, 0.3) is 0 Å². The number of amides is 1. The summed E-state index contributed by atoms with van der Waals surface area (Å²) in [6.07, 6.45) is -0.786. The van der Waals surface area contributed by atoms with E-state index in [-0.39, 0.29) is 17.8 Å². The molecule has 3 rings (SSSR count). The summed E-state index contributed by atoms with van der Waals surface area (Å²) in [6.45, 7) is 0. The molecule has 1 heterocycles. The topological polar surface area (TPSA) is 98.5 Å². The van der Waals surface area contributed by atoms with Gasteiger partial charge in [0.1, 0.15) is 5.69 Å². The zero-order chi connectivity index (χ0) is 16.4. The van der Waals surface area contributed by atoms with E-state index in [0.29, 0.717) is 11.1 Å². The van der Waals surface area contributed by atoms with E-state index in [1.807, 2.05) is 0 Å². The van der Waals surface area contributed by atoms with E-state index in [1.165, 1.54) is 18.2 Å². The number of rotatable bonds is 3. The van der Waals surface area contributed by atoms with Crippen LogP contribution in [0.3, 0.4) is 0 Å². The van der Waals surface area contributed by atoms with Crippen molar-refractivity contribution in [3.8, 4) is 0 Å². The van der Waals surface area contributed by atoms with Crippen LogP contribution in [-0.2, 0) is 16.0 Å². The van der Waals surface area contributed by atoms with Crippen LogP contribution < -0.4 is 5.32 Å². The summed E-state index contributed by atoms with van der Waals surface area (Å²) in [6, 6.07) is 12.7. The number of carbonyl (C=O) groups is 2. The van der Waals surface area contributed by atoms with Gasteiger partial charge in [-0.2, -0.15) is 0 Å². The summed E-state index contributed by atoms with van der Waals surface area (Å²) < 4.78 is 5.13. The molecular formula is C16H12N2O5. The summed E-state index contributed by atoms with van der Waals surface area (Å²) in [5, 5.41) is 13.4. The standard InChI is InChI=1S/C16H12N2O5/c19-15(17-12-7-3-4-8-13(12)18(21)22)14-9-10-5-1-2-6-11(10)16(20)23-14/h1-8,14H,9H2,(H,17,19)/t14-/m0/s1. The number of nitrogens with one attached hydrogen (secondary N) is 1. The quantitative estimate of drug-likeness (QED) is 0.532. The number of anilines is 1. The predicted octanol–water partition coefficient (Wildman–Crippen LogP) is 2.32. The molecule has 2 aromatic carbocycles. The molecule has 7 nitrogen and oxygen atoms in total. The molecule has 0 spiro atoms. The van der Waals surface area contributed by atoms with Crippen molar-refractivity contribution in [2.75, 3.05) is 5.32 Å². The minimum Gasteiger partial charge on any atom is -0.448 e. The Balaban J connectivity index is 1.81. The van der Waals surface area contributed by atoms with E-state index < -0.39 is 22.9 Å². The Morgan fingerprint density at radius 1 is 1.17 bits per heavy atom. The number of nitro benzene ring substituents is 1. The van der Waals surface area contributed by atoms with E-state index in [0.717, 1.165) is 0 Å². The van der Waals surface area contributed by atoms with E-state index in [1.54, 1.807) is 30.3 Å². The van der Waals surface area contributed by atoms with Crippen LogP contribution in [-0.4, -0.2) is 22.9 Å². The highest BCUT2D eigenvalue weighted by atomic mass is 16.6. The molecule has 7 heteroatoms. The van der Waals surface area contributed by atoms with Crippen LogP contribution >= 0.6 is 0 Å². The normalized spacial score (nSPS) is 16.2. The molecule has 116 valence electrons. The lowest BCUT2D eigenvalue weighted by Gasteiger charge is -2.23. The minimum atomic E-state index is -1.02. The number of esters is 1. The van der Waals surface area contributed by atoms with Crippen molar-refractivity contribution in [3.05, 3.63) is 69.8 Å². The molecule has 0 fully saturated rings. The Bertz CT molecular complexity index is 803. The second-order valence-corrected chi connectivity index (χ2v) is 5.02. The molecule has 1 amide bonds. The fraction of sp³-hybridized carbons (Fsp3) is 0.125. The lowest BCUT2D eigenvalue weighted by molar-refractivity contribution is -0.383. The molecule has 1 aliphatic rings. The monoisotopic (exact) mass is 312 g/mol. The van der Waals surface area contributed by atoms with Crippen LogP contribution in [0.2, 0.25) is 0 Å². The van der Waals surface area contributed by atoms with Gasteiger partial charge in [-0.05, 0) is 17.7 Å². The van der Waals surface area contributed by atoms with Crippen molar-refractivity contribution in [2.45, 2.75) is 12.5 Å². The Labute approximate surface area is 131 Å². The summed E-state index contributed by atoms with van der Waals surface area (Å²) in [7, 11) is 0. The van der Waals surface area contributed by atoms with Crippen molar-refractivity contribution >= 4 is 23.3 Å². The molecule has 0 bridgehead atoms. The Hall–Kier alpha value is -3.22. The van der Waals surface area contributed by atoms with Crippen molar-refractivity contribution in [3.63, 3.8) is 0 Å². The molecular weight excluding hydrogens is 300 g/mol. The molecule has 2 aromatic rings. The zero-order valence-corrected chi connectivity index (χ0v) is 11.9. The van der Waals surface area contributed by atoms with Crippen molar-refractivity contribution < 1.29 is 19.2 Å². The second-order valence-electron chi connectivity index (χ2n) is 5.02. The molecule has 1 N–H and O–H groups in total. The van der Waals surface area contributed by atoms with Crippen molar-refractivity contribution in [1.29, 1.82) is 0 Å². The molecule has 1 aliphatic heterocycles. The average molecular weight is 312 g/mol. The largest absolute Gasteiger partial charge is 0.448 e. The van der Waals surface area contributed by atoms with Crippen LogP contribution in [0.15, 0.2) is 48.5 Å². The lowest BCUT2D eigenvalue weighted by atomic mass is 9.98. The maximum absolute atomic E-state index is 12.3. The number of fused-ring (bicyclic) bond motifs is 1. The molecule has 0 aromatic heterocycles. The van der Waals surface area contributed by atoms with Gasteiger partial charge in [0.05, 0.1) is 10.5 Å². The van der Waals surface area contributed by atoms with Crippen LogP contribution in [0, 0.1) is 10.1 Å². The van der Waals surface area contributed by atoms with Crippen LogP contribution in [0.1, 0.15) is 15.9 Å². The SMILES string of the molecule is O=C1O[C@H](C(=O)Nc2ccccc2[N+](=O)[O-])Cc2ccccc21. The van der Waals surface area contributed by atoms with Gasteiger partial charge in [0, 0.05) is 12.5 Å². The number of carbonyl (C=O) groups excluding carboxylic acids is 2. The predicted molar refractivity (Wildman–Crippen MR) is 81.1 cm³/mol. The van der Waals surface area contributed by atoms with Gasteiger partial charge in [-0.3, -0.25) is 14.9 Å². The number of nitrogens with zero attached hydrogens (tertiary/aromatic N) is 1. The van der Waals surface area contributed by atoms with E-state index in [2.05, 4.69) is 5.32 Å². The summed E-state index contributed by atoms with van der Waals surface area (Å²) in [5.41, 5.74) is 0.995. The van der Waals surface area contributed by atoms with Crippen molar-refractivity contribution in [2.24, 2.45) is 0 Å². The maximum Gasteiger partial charge on any atom is 0.339 e. The number of para-hydroxylation sites is 2. The Kier molecular flexibility index (Phi) is 3.76. The number of ether oxygens (including phenoxy) is 1. The summed E-state index contributed by atoms with van der Waals surface area (Å²) in [4.78, 5) is 34.6. The number of benzene rings is 2. The Morgan fingerprint density at radius 2 is 1.87 bits per heavy atom. The Morgan fingerprint density at radius 3 is 2.65 bits per heavy atom.